The third-order valence-corrected chi connectivity index (χ3v) is 4.70. The molecule has 1 aromatic heterocycles. The zero-order valence-electron chi connectivity index (χ0n) is 16.3. The zero-order valence-corrected chi connectivity index (χ0v) is 16.3. The predicted octanol–water partition coefficient (Wildman–Crippen LogP) is 2.35. The molecular weight excluding hydrogens is 356 g/mol. The minimum absolute atomic E-state index is 0.119. The maximum atomic E-state index is 12.4. The van der Waals surface area contributed by atoms with Crippen LogP contribution >= 0.6 is 0 Å². The number of benzene rings is 1. The lowest BCUT2D eigenvalue weighted by Gasteiger charge is -2.34. The molecule has 1 fully saturated rings. The van der Waals surface area contributed by atoms with Crippen molar-refractivity contribution in [3.63, 3.8) is 0 Å². The Balaban J connectivity index is 1.56. The van der Waals surface area contributed by atoms with Crippen molar-refractivity contribution in [2.75, 3.05) is 39.5 Å². The van der Waals surface area contributed by atoms with Crippen LogP contribution in [0.15, 0.2) is 48.7 Å². The number of nitrogens with zero attached hydrogens (tertiary/aromatic N) is 2. The molecule has 1 aromatic carbocycles. The molecule has 1 aliphatic heterocycles. The first-order valence-electron chi connectivity index (χ1n) is 9.73. The van der Waals surface area contributed by atoms with Crippen molar-refractivity contribution in [2.45, 2.75) is 19.5 Å². The lowest BCUT2D eigenvalue weighted by Crippen LogP contribution is -2.45. The summed E-state index contributed by atoms with van der Waals surface area (Å²) in [5.74, 6) is 0.556. The molecular formula is C21H28N4O3. The van der Waals surface area contributed by atoms with Gasteiger partial charge in [0.1, 0.15) is 0 Å². The van der Waals surface area contributed by atoms with Gasteiger partial charge in [0, 0.05) is 37.9 Å². The quantitative estimate of drug-likeness (QED) is 0.731. The molecule has 2 heterocycles. The van der Waals surface area contributed by atoms with Gasteiger partial charge in [-0.25, -0.2) is 9.78 Å². The Morgan fingerprint density at radius 3 is 2.71 bits per heavy atom. The van der Waals surface area contributed by atoms with Crippen LogP contribution in [0.2, 0.25) is 0 Å². The number of hydrogen-bond acceptors (Lipinski definition) is 5. The molecule has 7 heteroatoms. The molecule has 28 heavy (non-hydrogen) atoms. The molecule has 150 valence electrons. The van der Waals surface area contributed by atoms with Crippen LogP contribution < -0.4 is 15.4 Å². The molecule has 2 aromatic rings. The van der Waals surface area contributed by atoms with Crippen LogP contribution in [0, 0.1) is 0 Å². The van der Waals surface area contributed by atoms with Crippen LogP contribution in [0.4, 0.5) is 4.79 Å². The summed E-state index contributed by atoms with van der Waals surface area (Å²) in [5.41, 5.74) is 2.04. The molecule has 0 spiro atoms. The zero-order chi connectivity index (χ0) is 19.6. The highest BCUT2D eigenvalue weighted by Gasteiger charge is 2.23. The van der Waals surface area contributed by atoms with Crippen molar-refractivity contribution in [1.82, 2.24) is 20.5 Å². The Morgan fingerprint density at radius 2 is 1.96 bits per heavy atom. The molecule has 2 amide bonds. The van der Waals surface area contributed by atoms with Gasteiger partial charge < -0.3 is 20.1 Å². The standard InChI is InChI=1S/C21H28N4O3/c1-2-28-20-18(9-6-10-22-20)15-23-21(26)24-16-19(17-7-4-3-5-8-17)25-11-13-27-14-12-25/h3-10,19H,2,11-16H2,1H3,(H2,23,24,26). The van der Waals surface area contributed by atoms with Gasteiger partial charge >= 0.3 is 6.03 Å². The second-order valence-electron chi connectivity index (χ2n) is 6.54. The van der Waals surface area contributed by atoms with Gasteiger partial charge in [-0.3, -0.25) is 4.90 Å². The van der Waals surface area contributed by atoms with Gasteiger partial charge in [-0.1, -0.05) is 36.4 Å². The second kappa shape index (κ2) is 10.6. The molecule has 7 nitrogen and oxygen atoms in total. The fourth-order valence-electron chi connectivity index (χ4n) is 3.27. The van der Waals surface area contributed by atoms with E-state index < -0.39 is 0 Å². The smallest absolute Gasteiger partial charge is 0.315 e. The number of rotatable bonds is 8. The summed E-state index contributed by atoms with van der Waals surface area (Å²) in [6.45, 7) is 6.49. The van der Waals surface area contributed by atoms with Crippen molar-refractivity contribution < 1.29 is 14.3 Å². The first kappa shape index (κ1) is 20.1. The van der Waals surface area contributed by atoms with Gasteiger partial charge in [0.25, 0.3) is 0 Å². The molecule has 1 saturated heterocycles. The summed E-state index contributed by atoms with van der Waals surface area (Å²) in [5, 5.41) is 5.90. The van der Waals surface area contributed by atoms with E-state index in [1.807, 2.05) is 37.3 Å². The highest BCUT2D eigenvalue weighted by Crippen LogP contribution is 2.21. The maximum absolute atomic E-state index is 12.4. The van der Waals surface area contributed by atoms with Crippen LogP contribution in [-0.2, 0) is 11.3 Å². The second-order valence-corrected chi connectivity index (χ2v) is 6.54. The van der Waals surface area contributed by atoms with Gasteiger partial charge in [0.15, 0.2) is 0 Å². The molecule has 0 aliphatic carbocycles. The Morgan fingerprint density at radius 1 is 1.18 bits per heavy atom. The van der Waals surface area contributed by atoms with Gasteiger partial charge in [0.05, 0.1) is 25.9 Å². The highest BCUT2D eigenvalue weighted by atomic mass is 16.5. The summed E-state index contributed by atoms with van der Waals surface area (Å²) >= 11 is 0. The average Bonchev–Trinajstić information content (AvgIpc) is 2.75. The monoisotopic (exact) mass is 384 g/mol. The summed E-state index contributed by atoms with van der Waals surface area (Å²) in [7, 11) is 0. The van der Waals surface area contributed by atoms with Crippen LogP contribution in [-0.4, -0.2) is 55.4 Å². The van der Waals surface area contributed by atoms with E-state index in [0.717, 1.165) is 31.9 Å². The van der Waals surface area contributed by atoms with Crippen molar-refractivity contribution in [3.8, 4) is 5.88 Å². The number of hydrogen-bond donors (Lipinski definition) is 2. The molecule has 1 atom stereocenters. The summed E-state index contributed by atoms with van der Waals surface area (Å²) in [4.78, 5) is 18.9. The fourth-order valence-corrected chi connectivity index (χ4v) is 3.27. The van der Waals surface area contributed by atoms with Crippen LogP contribution in [0.25, 0.3) is 0 Å². The number of amides is 2. The Kier molecular flexibility index (Phi) is 7.63. The number of morpholine rings is 1. The SMILES string of the molecule is CCOc1ncccc1CNC(=O)NCC(c1ccccc1)N1CCOCC1. The first-order valence-corrected chi connectivity index (χ1v) is 9.73. The van der Waals surface area contributed by atoms with E-state index in [1.54, 1.807) is 6.20 Å². The summed E-state index contributed by atoms with van der Waals surface area (Å²) < 4.78 is 11.0. The molecule has 0 bridgehead atoms. The molecule has 0 saturated carbocycles. The molecule has 1 unspecified atom stereocenters. The van der Waals surface area contributed by atoms with E-state index in [1.165, 1.54) is 5.56 Å². The summed E-state index contributed by atoms with van der Waals surface area (Å²) in [6, 6.07) is 13.9. The van der Waals surface area contributed by atoms with Crippen LogP contribution in [0.1, 0.15) is 24.1 Å². The lowest BCUT2D eigenvalue weighted by molar-refractivity contribution is 0.0167. The molecule has 1 aliphatic rings. The molecule has 2 N–H and O–H groups in total. The Bertz CT molecular complexity index is 735. The van der Waals surface area contributed by atoms with E-state index in [9.17, 15) is 4.79 Å². The molecule has 3 rings (SSSR count). The average molecular weight is 384 g/mol. The first-order chi connectivity index (χ1) is 13.8. The van der Waals surface area contributed by atoms with Crippen molar-refractivity contribution in [1.29, 1.82) is 0 Å². The van der Waals surface area contributed by atoms with Crippen molar-refractivity contribution in [3.05, 3.63) is 59.8 Å². The van der Waals surface area contributed by atoms with E-state index in [-0.39, 0.29) is 12.1 Å². The fraction of sp³-hybridized carbons (Fsp3) is 0.429. The number of nitrogens with one attached hydrogen (secondary N) is 2. The maximum Gasteiger partial charge on any atom is 0.315 e. The Hall–Kier alpha value is -2.64. The Labute approximate surface area is 166 Å². The van der Waals surface area contributed by atoms with Crippen molar-refractivity contribution >= 4 is 6.03 Å². The van der Waals surface area contributed by atoms with Gasteiger partial charge in [-0.15, -0.1) is 0 Å². The number of aromatic nitrogens is 1. The summed E-state index contributed by atoms with van der Waals surface area (Å²) in [6.07, 6.45) is 1.68. The minimum atomic E-state index is -0.208. The van der Waals surface area contributed by atoms with Crippen LogP contribution in [0.3, 0.4) is 0 Å². The normalized spacial score (nSPS) is 15.6. The van der Waals surface area contributed by atoms with Gasteiger partial charge in [-0.2, -0.15) is 0 Å². The van der Waals surface area contributed by atoms with Crippen LogP contribution in [0.5, 0.6) is 5.88 Å². The number of pyridine rings is 1. The largest absolute Gasteiger partial charge is 0.478 e. The highest BCUT2D eigenvalue weighted by molar-refractivity contribution is 5.73. The number of carbonyl (C=O) groups is 1. The number of carbonyl (C=O) groups excluding carboxylic acids is 1. The van der Waals surface area contributed by atoms with E-state index in [0.29, 0.717) is 25.6 Å². The third kappa shape index (κ3) is 5.68. The van der Waals surface area contributed by atoms with Crippen molar-refractivity contribution in [2.24, 2.45) is 0 Å². The van der Waals surface area contributed by atoms with E-state index in [2.05, 4.69) is 32.7 Å². The lowest BCUT2D eigenvalue weighted by atomic mass is 10.0. The minimum Gasteiger partial charge on any atom is -0.478 e. The number of ether oxygens (including phenoxy) is 2. The molecule has 0 radical (unpaired) electrons. The van der Waals surface area contributed by atoms with E-state index in [4.69, 9.17) is 9.47 Å². The number of urea groups is 1. The predicted molar refractivity (Wildman–Crippen MR) is 107 cm³/mol. The third-order valence-electron chi connectivity index (χ3n) is 4.70. The topological polar surface area (TPSA) is 75.7 Å². The van der Waals surface area contributed by atoms with E-state index >= 15 is 0 Å². The van der Waals surface area contributed by atoms with Gasteiger partial charge in [-0.05, 0) is 18.6 Å². The van der Waals surface area contributed by atoms with Gasteiger partial charge in [0.2, 0.25) is 5.88 Å².